The number of carbonyl (C=O) groups is 2. The van der Waals surface area contributed by atoms with Crippen LogP contribution >= 0.6 is 0 Å². The van der Waals surface area contributed by atoms with Crippen molar-refractivity contribution in [2.45, 2.75) is 57.0 Å². The number of hydrogen-bond acceptors (Lipinski definition) is 2. The van der Waals surface area contributed by atoms with E-state index in [0.29, 0.717) is 12.8 Å². The van der Waals surface area contributed by atoms with Crippen molar-refractivity contribution in [2.75, 3.05) is 0 Å². The van der Waals surface area contributed by atoms with Crippen molar-refractivity contribution < 1.29 is 9.59 Å². The quantitative estimate of drug-likeness (QED) is 0.894. The summed E-state index contributed by atoms with van der Waals surface area (Å²) in [5, 5.41) is 6.00. The lowest BCUT2D eigenvalue weighted by atomic mass is 9.87. The molecule has 2 N–H and O–H groups in total. The average Bonchev–Trinajstić information content (AvgIpc) is 3.09. The van der Waals surface area contributed by atoms with Gasteiger partial charge in [0.05, 0.1) is 5.54 Å². The highest BCUT2D eigenvalue weighted by Gasteiger charge is 2.39. The maximum Gasteiger partial charge on any atom is 0.243 e. The fourth-order valence-electron chi connectivity index (χ4n) is 3.54. The Kier molecular flexibility index (Phi) is 3.70. The zero-order valence-electron chi connectivity index (χ0n) is 12.4. The molecule has 0 spiro atoms. The second kappa shape index (κ2) is 5.51. The topological polar surface area (TPSA) is 58.2 Å². The number of aryl methyl sites for hydroxylation is 1. The van der Waals surface area contributed by atoms with Crippen molar-refractivity contribution in [3.05, 3.63) is 35.4 Å². The molecule has 1 atom stereocenters. The summed E-state index contributed by atoms with van der Waals surface area (Å²) >= 11 is 0. The maximum atomic E-state index is 12.5. The van der Waals surface area contributed by atoms with Gasteiger partial charge in [-0.25, -0.2) is 0 Å². The molecule has 1 heterocycles. The number of hydrogen-bond donors (Lipinski definition) is 2. The Morgan fingerprint density at radius 3 is 2.71 bits per heavy atom. The SMILES string of the molecule is Cc1cccc(C2(NC(=O)C3CCC(=O)N3)CCCC2)c1. The summed E-state index contributed by atoms with van der Waals surface area (Å²) in [6, 6.07) is 8.03. The number of amides is 2. The van der Waals surface area contributed by atoms with Gasteiger partial charge in [-0.05, 0) is 31.7 Å². The summed E-state index contributed by atoms with van der Waals surface area (Å²) in [5.74, 6) is -0.0598. The summed E-state index contributed by atoms with van der Waals surface area (Å²) in [6.07, 6.45) is 5.27. The molecule has 1 aromatic carbocycles. The van der Waals surface area contributed by atoms with Crippen LogP contribution in [0.25, 0.3) is 0 Å². The molecule has 2 fully saturated rings. The number of nitrogens with one attached hydrogen (secondary N) is 2. The molecule has 0 aromatic heterocycles. The highest BCUT2D eigenvalue weighted by atomic mass is 16.2. The molecule has 1 unspecified atom stereocenters. The largest absolute Gasteiger partial charge is 0.345 e. The van der Waals surface area contributed by atoms with Crippen molar-refractivity contribution in [2.24, 2.45) is 0 Å². The molecule has 0 bridgehead atoms. The van der Waals surface area contributed by atoms with Gasteiger partial charge in [0.2, 0.25) is 11.8 Å². The smallest absolute Gasteiger partial charge is 0.243 e. The van der Waals surface area contributed by atoms with Crippen LogP contribution in [-0.4, -0.2) is 17.9 Å². The van der Waals surface area contributed by atoms with Gasteiger partial charge in [-0.15, -0.1) is 0 Å². The third-order valence-corrected chi connectivity index (χ3v) is 4.70. The van der Waals surface area contributed by atoms with E-state index in [2.05, 4.69) is 35.8 Å². The van der Waals surface area contributed by atoms with Gasteiger partial charge in [0, 0.05) is 6.42 Å². The molecule has 0 radical (unpaired) electrons. The van der Waals surface area contributed by atoms with Crippen LogP contribution in [0.3, 0.4) is 0 Å². The summed E-state index contributed by atoms with van der Waals surface area (Å²) < 4.78 is 0. The monoisotopic (exact) mass is 286 g/mol. The minimum absolute atomic E-state index is 0.0221. The van der Waals surface area contributed by atoms with Crippen LogP contribution in [0.1, 0.15) is 49.7 Å². The molecular weight excluding hydrogens is 264 g/mol. The van der Waals surface area contributed by atoms with Crippen LogP contribution in [-0.2, 0) is 15.1 Å². The molecule has 1 aliphatic carbocycles. The van der Waals surface area contributed by atoms with Crippen molar-refractivity contribution in [3.8, 4) is 0 Å². The van der Waals surface area contributed by atoms with Gasteiger partial charge in [0.1, 0.15) is 6.04 Å². The van der Waals surface area contributed by atoms with Gasteiger partial charge in [-0.3, -0.25) is 9.59 Å². The van der Waals surface area contributed by atoms with Crippen LogP contribution in [0.4, 0.5) is 0 Å². The van der Waals surface area contributed by atoms with Crippen LogP contribution in [0, 0.1) is 6.92 Å². The van der Waals surface area contributed by atoms with E-state index in [1.54, 1.807) is 0 Å². The molecule has 1 aliphatic heterocycles. The average molecular weight is 286 g/mol. The van der Waals surface area contributed by atoms with Gasteiger partial charge in [-0.2, -0.15) is 0 Å². The Hall–Kier alpha value is -1.84. The molecular formula is C17H22N2O2. The van der Waals surface area contributed by atoms with Gasteiger partial charge in [-0.1, -0.05) is 42.7 Å². The Morgan fingerprint density at radius 1 is 1.33 bits per heavy atom. The number of benzene rings is 1. The molecule has 2 aliphatic rings. The second-order valence-electron chi connectivity index (χ2n) is 6.31. The van der Waals surface area contributed by atoms with Crippen molar-refractivity contribution in [1.82, 2.24) is 10.6 Å². The summed E-state index contributed by atoms with van der Waals surface area (Å²) in [5.41, 5.74) is 2.15. The predicted molar refractivity (Wildman–Crippen MR) is 80.6 cm³/mol. The maximum absolute atomic E-state index is 12.5. The van der Waals surface area contributed by atoms with Crippen molar-refractivity contribution >= 4 is 11.8 Å². The van der Waals surface area contributed by atoms with Crippen LogP contribution in [0.2, 0.25) is 0 Å². The van der Waals surface area contributed by atoms with Gasteiger partial charge >= 0.3 is 0 Å². The normalized spacial score (nSPS) is 23.9. The van der Waals surface area contributed by atoms with Crippen LogP contribution in [0.15, 0.2) is 24.3 Å². The predicted octanol–water partition coefficient (Wildman–Crippen LogP) is 2.16. The van der Waals surface area contributed by atoms with E-state index in [4.69, 9.17) is 0 Å². The number of carbonyl (C=O) groups excluding carboxylic acids is 2. The van der Waals surface area contributed by atoms with Gasteiger partial charge in [0.15, 0.2) is 0 Å². The van der Waals surface area contributed by atoms with Crippen LogP contribution < -0.4 is 10.6 Å². The lowest BCUT2D eigenvalue weighted by Gasteiger charge is -2.32. The standard InChI is InChI=1S/C17H22N2O2/c1-12-5-4-6-13(11-12)17(9-2-3-10-17)19-16(21)14-7-8-15(20)18-14/h4-6,11,14H,2-3,7-10H2,1H3,(H,18,20)(H,19,21). The first-order valence-corrected chi connectivity index (χ1v) is 7.78. The molecule has 4 heteroatoms. The molecule has 1 saturated heterocycles. The Balaban J connectivity index is 1.81. The third-order valence-electron chi connectivity index (χ3n) is 4.70. The first kappa shape index (κ1) is 14.1. The zero-order valence-corrected chi connectivity index (χ0v) is 12.4. The molecule has 3 rings (SSSR count). The molecule has 21 heavy (non-hydrogen) atoms. The lowest BCUT2D eigenvalue weighted by molar-refractivity contribution is -0.127. The van der Waals surface area contributed by atoms with Gasteiger partial charge < -0.3 is 10.6 Å². The second-order valence-corrected chi connectivity index (χ2v) is 6.31. The van der Waals surface area contributed by atoms with E-state index >= 15 is 0 Å². The van der Waals surface area contributed by atoms with E-state index in [-0.39, 0.29) is 23.4 Å². The molecule has 1 aromatic rings. The molecule has 112 valence electrons. The molecule has 4 nitrogen and oxygen atoms in total. The van der Waals surface area contributed by atoms with E-state index in [1.165, 1.54) is 11.1 Å². The minimum Gasteiger partial charge on any atom is -0.345 e. The highest BCUT2D eigenvalue weighted by Crippen LogP contribution is 2.39. The first-order valence-electron chi connectivity index (χ1n) is 7.78. The Morgan fingerprint density at radius 2 is 2.10 bits per heavy atom. The van der Waals surface area contributed by atoms with Crippen LogP contribution in [0.5, 0.6) is 0 Å². The van der Waals surface area contributed by atoms with Crippen molar-refractivity contribution in [1.29, 1.82) is 0 Å². The fourth-order valence-corrected chi connectivity index (χ4v) is 3.54. The molecule has 2 amide bonds. The van der Waals surface area contributed by atoms with E-state index in [0.717, 1.165) is 25.7 Å². The highest BCUT2D eigenvalue weighted by molar-refractivity contribution is 5.91. The van der Waals surface area contributed by atoms with E-state index < -0.39 is 0 Å². The Bertz CT molecular complexity index is 562. The van der Waals surface area contributed by atoms with Gasteiger partial charge in [0.25, 0.3) is 0 Å². The fraction of sp³-hybridized carbons (Fsp3) is 0.529. The Labute approximate surface area is 125 Å². The summed E-state index contributed by atoms with van der Waals surface area (Å²) in [7, 11) is 0. The summed E-state index contributed by atoms with van der Waals surface area (Å²) in [6.45, 7) is 2.07. The minimum atomic E-state index is -0.361. The third kappa shape index (κ3) is 2.80. The summed E-state index contributed by atoms with van der Waals surface area (Å²) in [4.78, 5) is 23.8. The first-order chi connectivity index (χ1) is 10.1. The zero-order chi connectivity index (χ0) is 14.9. The lowest BCUT2D eigenvalue weighted by Crippen LogP contribution is -2.50. The van der Waals surface area contributed by atoms with E-state index in [1.807, 2.05) is 6.07 Å². The molecule has 1 saturated carbocycles. The van der Waals surface area contributed by atoms with Crippen molar-refractivity contribution in [3.63, 3.8) is 0 Å². The van der Waals surface area contributed by atoms with E-state index in [9.17, 15) is 9.59 Å². The number of rotatable bonds is 3.